The molecule has 33 heavy (non-hydrogen) atoms. The van der Waals surface area contributed by atoms with Crippen LogP contribution in [0.1, 0.15) is 43.6 Å². The molecule has 2 spiro atoms. The van der Waals surface area contributed by atoms with E-state index in [1.54, 1.807) is 12.5 Å². The maximum Gasteiger partial charge on any atom is 0.297 e. The number of benzene rings is 1. The molecule has 5 fully saturated rings. The van der Waals surface area contributed by atoms with Crippen LogP contribution in [0.15, 0.2) is 41.1 Å². The van der Waals surface area contributed by atoms with Crippen LogP contribution in [0.2, 0.25) is 0 Å². The fourth-order valence-electron chi connectivity index (χ4n) is 6.73. The molecule has 7 rings (SSSR count). The van der Waals surface area contributed by atoms with E-state index in [9.17, 15) is 0 Å². The first-order valence-electron chi connectivity index (χ1n) is 12.6. The standard InChI is InChI=1S/C26H33N3O4/c1-2-4-23(33-21-12-25(13-21)17-30-18-25)22(3-1)19-5-8-28(9-6-19)20-11-26(32-14-20)15-29(16-26)24-27-7-10-31-24/h1-4,7,10,19-21H,5-6,8-9,11-18H2/t20-/m0/s1. The molecule has 5 aliphatic rings. The van der Waals surface area contributed by atoms with E-state index in [1.165, 1.54) is 18.4 Å². The summed E-state index contributed by atoms with van der Waals surface area (Å²) in [7, 11) is 0. The number of hydrogen-bond acceptors (Lipinski definition) is 7. The topological polar surface area (TPSA) is 60.2 Å². The molecule has 0 N–H and O–H groups in total. The minimum atomic E-state index is -0.0119. The Bertz CT molecular complexity index is 969. The average Bonchev–Trinajstić information content (AvgIpc) is 3.44. The second kappa shape index (κ2) is 7.72. The zero-order valence-corrected chi connectivity index (χ0v) is 19.2. The first-order valence-corrected chi connectivity index (χ1v) is 12.6. The predicted molar refractivity (Wildman–Crippen MR) is 123 cm³/mol. The molecule has 2 aromatic rings. The monoisotopic (exact) mass is 451 g/mol. The summed E-state index contributed by atoms with van der Waals surface area (Å²) in [5.41, 5.74) is 1.84. The number of hydrogen-bond donors (Lipinski definition) is 0. The Hall–Kier alpha value is -2.09. The fraction of sp³-hybridized carbons (Fsp3) is 0.654. The largest absolute Gasteiger partial charge is 0.490 e. The first-order chi connectivity index (χ1) is 16.2. The quantitative estimate of drug-likeness (QED) is 0.690. The molecule has 176 valence electrons. The minimum Gasteiger partial charge on any atom is -0.490 e. The Balaban J connectivity index is 0.932. The molecule has 1 aromatic heterocycles. The van der Waals surface area contributed by atoms with Crippen molar-refractivity contribution in [2.24, 2.45) is 5.41 Å². The van der Waals surface area contributed by atoms with Gasteiger partial charge in [-0.05, 0) is 62.7 Å². The van der Waals surface area contributed by atoms with Gasteiger partial charge in [-0.1, -0.05) is 18.2 Å². The molecular formula is C26H33N3O4. The van der Waals surface area contributed by atoms with Crippen LogP contribution in [0.4, 0.5) is 6.01 Å². The molecule has 1 aliphatic carbocycles. The van der Waals surface area contributed by atoms with Crippen molar-refractivity contribution >= 4 is 6.01 Å². The summed E-state index contributed by atoms with van der Waals surface area (Å²) >= 11 is 0. The van der Waals surface area contributed by atoms with Crippen LogP contribution in [0.5, 0.6) is 5.75 Å². The summed E-state index contributed by atoms with van der Waals surface area (Å²) in [4.78, 5) is 9.10. The maximum atomic E-state index is 6.48. The summed E-state index contributed by atoms with van der Waals surface area (Å²) in [6.07, 6.45) is 9.49. The molecule has 1 atom stereocenters. The third kappa shape index (κ3) is 3.56. The number of anilines is 1. The van der Waals surface area contributed by atoms with E-state index < -0.39 is 0 Å². The molecule has 0 radical (unpaired) electrons. The predicted octanol–water partition coefficient (Wildman–Crippen LogP) is 3.46. The molecular weight excluding hydrogens is 418 g/mol. The van der Waals surface area contributed by atoms with E-state index in [0.29, 0.717) is 29.5 Å². The molecule has 7 heteroatoms. The highest BCUT2D eigenvalue weighted by Gasteiger charge is 2.53. The molecule has 0 unspecified atom stereocenters. The number of piperidine rings is 1. The molecule has 5 heterocycles. The van der Waals surface area contributed by atoms with Crippen molar-refractivity contribution in [3.05, 3.63) is 42.3 Å². The number of oxazole rings is 1. The third-order valence-electron chi connectivity index (χ3n) is 8.67. The van der Waals surface area contributed by atoms with Crippen LogP contribution in [0.3, 0.4) is 0 Å². The molecule has 4 aliphatic heterocycles. The summed E-state index contributed by atoms with van der Waals surface area (Å²) in [5.74, 6) is 1.69. The van der Waals surface area contributed by atoms with E-state index in [0.717, 1.165) is 71.0 Å². The zero-order chi connectivity index (χ0) is 21.9. The van der Waals surface area contributed by atoms with Crippen LogP contribution >= 0.6 is 0 Å². The first kappa shape index (κ1) is 20.3. The lowest BCUT2D eigenvalue weighted by Crippen LogP contribution is -2.62. The third-order valence-corrected chi connectivity index (χ3v) is 8.67. The Labute approximate surface area is 195 Å². The van der Waals surface area contributed by atoms with Gasteiger partial charge in [0.25, 0.3) is 6.01 Å². The lowest BCUT2D eigenvalue weighted by molar-refractivity contribution is -0.191. The van der Waals surface area contributed by atoms with E-state index >= 15 is 0 Å². The van der Waals surface area contributed by atoms with Crippen LogP contribution < -0.4 is 9.64 Å². The van der Waals surface area contributed by atoms with Crippen molar-refractivity contribution in [1.29, 1.82) is 0 Å². The number of aromatic nitrogens is 1. The fourth-order valence-corrected chi connectivity index (χ4v) is 6.73. The molecule has 0 bridgehead atoms. The number of rotatable bonds is 5. The number of likely N-dealkylation sites (tertiary alicyclic amines) is 1. The van der Waals surface area contributed by atoms with Crippen LogP contribution in [-0.4, -0.2) is 73.6 Å². The summed E-state index contributed by atoms with van der Waals surface area (Å²) in [6.45, 7) is 6.75. The van der Waals surface area contributed by atoms with Gasteiger partial charge in [-0.25, -0.2) is 4.98 Å². The Morgan fingerprint density at radius 3 is 2.58 bits per heavy atom. The van der Waals surface area contributed by atoms with Gasteiger partial charge in [-0.2, -0.15) is 0 Å². The number of nitrogens with zero attached hydrogens (tertiary/aromatic N) is 3. The molecule has 0 amide bonds. The van der Waals surface area contributed by atoms with E-state index in [-0.39, 0.29) is 5.60 Å². The minimum absolute atomic E-state index is 0.0119. The average molecular weight is 452 g/mol. The highest BCUT2D eigenvalue weighted by molar-refractivity contribution is 5.37. The molecule has 7 nitrogen and oxygen atoms in total. The van der Waals surface area contributed by atoms with Gasteiger partial charge < -0.3 is 23.5 Å². The van der Waals surface area contributed by atoms with Crippen LogP contribution in [0.25, 0.3) is 0 Å². The second-order valence-corrected chi connectivity index (χ2v) is 11.0. The van der Waals surface area contributed by atoms with Gasteiger partial charge in [0.2, 0.25) is 0 Å². The van der Waals surface area contributed by atoms with Gasteiger partial charge in [0.1, 0.15) is 23.7 Å². The van der Waals surface area contributed by atoms with Gasteiger partial charge >= 0.3 is 0 Å². The van der Waals surface area contributed by atoms with Gasteiger partial charge in [0.15, 0.2) is 0 Å². The van der Waals surface area contributed by atoms with Crippen molar-refractivity contribution in [3.8, 4) is 5.75 Å². The van der Waals surface area contributed by atoms with Crippen molar-refractivity contribution in [2.45, 2.75) is 55.8 Å². The molecule has 1 aromatic carbocycles. The summed E-state index contributed by atoms with van der Waals surface area (Å²) in [5, 5.41) is 0. The second-order valence-electron chi connectivity index (χ2n) is 11.0. The SMILES string of the molecule is c1ccc(C2CCN([C@@H]3COC4(C3)CN(c3ncco3)C4)CC2)c(OC2CC3(COC3)C2)c1. The van der Waals surface area contributed by atoms with E-state index in [2.05, 4.69) is 39.0 Å². The van der Waals surface area contributed by atoms with Gasteiger partial charge in [0.05, 0.1) is 39.1 Å². The number of para-hydroxylation sites is 1. The summed E-state index contributed by atoms with van der Waals surface area (Å²) in [6, 6.07) is 9.99. The molecule has 1 saturated carbocycles. The summed E-state index contributed by atoms with van der Waals surface area (Å²) < 4.78 is 23.6. The van der Waals surface area contributed by atoms with Crippen molar-refractivity contribution in [3.63, 3.8) is 0 Å². The Morgan fingerprint density at radius 1 is 1.03 bits per heavy atom. The smallest absolute Gasteiger partial charge is 0.297 e. The zero-order valence-electron chi connectivity index (χ0n) is 19.2. The van der Waals surface area contributed by atoms with Crippen molar-refractivity contribution in [2.75, 3.05) is 50.9 Å². The highest BCUT2D eigenvalue weighted by Crippen LogP contribution is 2.49. The maximum absolute atomic E-state index is 6.48. The van der Waals surface area contributed by atoms with Gasteiger partial charge in [-0.3, -0.25) is 4.90 Å². The van der Waals surface area contributed by atoms with Crippen LogP contribution in [-0.2, 0) is 9.47 Å². The lowest BCUT2D eigenvalue weighted by atomic mass is 9.65. The van der Waals surface area contributed by atoms with E-state index in [1.807, 2.05) is 0 Å². The van der Waals surface area contributed by atoms with Crippen molar-refractivity contribution < 1.29 is 18.6 Å². The van der Waals surface area contributed by atoms with Crippen LogP contribution in [0, 0.1) is 5.41 Å². The normalized spacial score (nSPS) is 29.1. The number of ether oxygens (including phenoxy) is 3. The highest BCUT2D eigenvalue weighted by atomic mass is 16.5. The van der Waals surface area contributed by atoms with E-state index in [4.69, 9.17) is 18.6 Å². The molecule has 4 saturated heterocycles. The van der Waals surface area contributed by atoms with Gasteiger partial charge in [-0.15, -0.1) is 0 Å². The Morgan fingerprint density at radius 2 is 1.85 bits per heavy atom. The Kier molecular flexibility index (Phi) is 4.75. The lowest BCUT2D eigenvalue weighted by Gasteiger charge is -2.52. The van der Waals surface area contributed by atoms with Crippen molar-refractivity contribution in [1.82, 2.24) is 9.88 Å². The van der Waals surface area contributed by atoms with Gasteiger partial charge in [0, 0.05) is 11.5 Å².